The van der Waals surface area contributed by atoms with E-state index in [4.69, 9.17) is 16.3 Å². The number of rotatable bonds is 9. The Labute approximate surface area is 236 Å². The zero-order valence-electron chi connectivity index (χ0n) is 21.4. The fraction of sp³-hybridized carbons (Fsp3) is 0.269. The minimum atomic E-state index is -3.45. The van der Waals surface area contributed by atoms with Gasteiger partial charge < -0.3 is 23.3 Å². The summed E-state index contributed by atoms with van der Waals surface area (Å²) in [7, 11) is -3.45. The number of sulfonamides is 1. The summed E-state index contributed by atoms with van der Waals surface area (Å²) in [4.78, 5) is 8.00. The van der Waals surface area contributed by atoms with Crippen LogP contribution < -0.4 is 28.3 Å². The molecule has 3 rings (SSSR count). The summed E-state index contributed by atoms with van der Waals surface area (Å²) in [6.45, 7) is 12.1. The Bertz CT molecular complexity index is 1290. The molecule has 0 saturated heterocycles. The molecule has 0 unspecified atom stereocenters. The number of nitriles is 1. The molecule has 0 aliphatic rings. The summed E-state index contributed by atoms with van der Waals surface area (Å²) in [6.07, 6.45) is 2.49. The van der Waals surface area contributed by atoms with Crippen molar-refractivity contribution in [1.29, 1.82) is 5.26 Å². The number of benzene rings is 2. The molecule has 11 heteroatoms. The van der Waals surface area contributed by atoms with E-state index in [2.05, 4.69) is 45.4 Å². The number of anilines is 1. The summed E-state index contributed by atoms with van der Waals surface area (Å²) in [6, 6.07) is 17.7. The first-order valence-electron chi connectivity index (χ1n) is 10.8. The molecule has 0 atom stereocenters. The maximum absolute atomic E-state index is 11.3. The van der Waals surface area contributed by atoms with Gasteiger partial charge in [0.25, 0.3) is 0 Å². The number of nitrogens with one attached hydrogen (secondary N) is 1. The average molecular weight is 535 g/mol. The van der Waals surface area contributed by atoms with Crippen molar-refractivity contribution in [2.45, 2.75) is 25.9 Å². The summed E-state index contributed by atoms with van der Waals surface area (Å²) in [5, 5.41) is 9.59. The molecule has 1 N–H and O–H groups in total. The predicted molar refractivity (Wildman–Crippen MR) is 140 cm³/mol. The topological polar surface area (TPSA) is 114 Å². The first kappa shape index (κ1) is 32.4. The van der Waals surface area contributed by atoms with Crippen LogP contribution in [0.2, 0.25) is 5.02 Å². The number of hydrogen-bond acceptors (Lipinski definition) is 7. The van der Waals surface area contributed by atoms with Crippen molar-refractivity contribution < 1.29 is 36.8 Å². The van der Waals surface area contributed by atoms with E-state index in [9.17, 15) is 13.7 Å². The quantitative estimate of drug-likeness (QED) is 0.328. The third-order valence-corrected chi connectivity index (χ3v) is 5.68. The van der Waals surface area contributed by atoms with Crippen molar-refractivity contribution in [3.05, 3.63) is 96.0 Å². The molecule has 3 aromatic rings. The van der Waals surface area contributed by atoms with E-state index < -0.39 is 10.0 Å². The molecular weight excluding hydrogens is 507 g/mol. The van der Waals surface area contributed by atoms with Crippen molar-refractivity contribution in [1.82, 2.24) is 9.97 Å². The van der Waals surface area contributed by atoms with E-state index in [-0.39, 0.29) is 36.8 Å². The van der Waals surface area contributed by atoms with Gasteiger partial charge in [-0.3, -0.25) is 9.98 Å². The van der Waals surface area contributed by atoms with Gasteiger partial charge in [0.05, 0.1) is 11.9 Å². The van der Waals surface area contributed by atoms with Gasteiger partial charge in [-0.05, 0) is 40.3 Å². The zero-order valence-corrected chi connectivity index (χ0v) is 23.0. The second-order valence-corrected chi connectivity index (χ2v) is 10.2. The fourth-order valence-electron chi connectivity index (χ4n) is 3.04. The van der Waals surface area contributed by atoms with Crippen LogP contribution in [0.1, 0.15) is 36.2 Å². The second kappa shape index (κ2) is 15.0. The van der Waals surface area contributed by atoms with Gasteiger partial charge in [0.1, 0.15) is 12.4 Å². The van der Waals surface area contributed by atoms with Gasteiger partial charge in [-0.15, -0.1) is 35.4 Å². The molecule has 8 nitrogen and oxygen atoms in total. The van der Waals surface area contributed by atoms with Gasteiger partial charge in [-0.2, -0.15) is 0 Å². The Balaban J connectivity index is 0.00000104. The molecule has 0 fully saturated rings. The molecule has 0 aliphatic carbocycles. The minimum absolute atomic E-state index is 0. The molecule has 0 aliphatic heterocycles. The fourth-order valence-corrected chi connectivity index (χ4v) is 3.69. The SMILES string of the molecule is CC(C)(c1ccc(OCc2ccnc(NS(C)(=O)=O)n2)cc1)c1cc(Cl)[c-]c(C#N)c1.[CH2-]COC[CH2-].[Li+]. The van der Waals surface area contributed by atoms with Crippen LogP contribution in [0.3, 0.4) is 0 Å². The summed E-state index contributed by atoms with van der Waals surface area (Å²) >= 11 is 6.12. The molecule has 0 bridgehead atoms. The normalized spacial score (nSPS) is 10.8. The standard InChI is InChI=1S/C22H20ClN4O3S.C4H8O.Li/c1-22(2,17-10-15(13-24)11-18(23)12-17)16-4-6-20(7-5-16)30-14-19-8-9-25-21(26-19)27-31(3,28)29;1-3-5-4-2;/h4-10,12H,14H2,1-3H3,(H,25,26,27);1-4H2;/q-1;-2;+1. The van der Waals surface area contributed by atoms with Crippen LogP contribution >= 0.6 is 11.6 Å². The minimum Gasteiger partial charge on any atom is -0.487 e. The number of ether oxygens (including phenoxy) is 2. The Morgan fingerprint density at radius 2 is 1.78 bits per heavy atom. The van der Waals surface area contributed by atoms with Crippen molar-refractivity contribution in [2.75, 3.05) is 24.2 Å². The van der Waals surface area contributed by atoms with Gasteiger partial charge in [0, 0.05) is 6.20 Å². The van der Waals surface area contributed by atoms with E-state index in [1.165, 1.54) is 6.20 Å². The molecule has 37 heavy (non-hydrogen) atoms. The average Bonchev–Trinajstić information content (AvgIpc) is 2.82. The van der Waals surface area contributed by atoms with Crippen molar-refractivity contribution in [2.24, 2.45) is 0 Å². The summed E-state index contributed by atoms with van der Waals surface area (Å²) in [5.41, 5.74) is 2.47. The van der Waals surface area contributed by atoms with Gasteiger partial charge in [-0.1, -0.05) is 44.8 Å². The maximum Gasteiger partial charge on any atom is 1.00 e. The number of aromatic nitrogens is 2. The smallest absolute Gasteiger partial charge is 0.487 e. The Morgan fingerprint density at radius 3 is 2.32 bits per heavy atom. The second-order valence-electron chi connectivity index (χ2n) is 8.04. The van der Waals surface area contributed by atoms with Gasteiger partial charge in [0.2, 0.25) is 16.0 Å². The van der Waals surface area contributed by atoms with Crippen LogP contribution in [0.25, 0.3) is 0 Å². The van der Waals surface area contributed by atoms with E-state index in [1.54, 1.807) is 12.1 Å². The van der Waals surface area contributed by atoms with Crippen molar-refractivity contribution in [3.63, 3.8) is 0 Å². The van der Waals surface area contributed by atoms with Gasteiger partial charge in [-0.25, -0.2) is 18.4 Å². The summed E-state index contributed by atoms with van der Waals surface area (Å²) in [5.74, 6) is 0.629. The van der Waals surface area contributed by atoms with E-state index in [0.717, 1.165) is 17.4 Å². The number of hydrogen-bond donors (Lipinski definition) is 1. The van der Waals surface area contributed by atoms with Crippen LogP contribution in [-0.2, 0) is 26.8 Å². The molecular formula is C26H28ClLiN4O4S-2. The molecule has 0 saturated carbocycles. The molecule has 0 amide bonds. The first-order valence-corrected chi connectivity index (χ1v) is 13.1. The number of nitrogens with zero attached hydrogens (tertiary/aromatic N) is 3. The van der Waals surface area contributed by atoms with Crippen LogP contribution in [0.5, 0.6) is 5.75 Å². The van der Waals surface area contributed by atoms with Crippen LogP contribution in [-0.4, -0.2) is 37.9 Å². The largest absolute Gasteiger partial charge is 1.00 e. The molecule has 2 aromatic carbocycles. The zero-order chi connectivity index (χ0) is 26.8. The van der Waals surface area contributed by atoms with Gasteiger partial charge >= 0.3 is 18.9 Å². The molecule has 0 spiro atoms. The molecule has 1 heterocycles. The Kier molecular flexibility index (Phi) is 13.1. The number of halogens is 1. The monoisotopic (exact) mass is 534 g/mol. The Morgan fingerprint density at radius 1 is 1.14 bits per heavy atom. The predicted octanol–water partition coefficient (Wildman–Crippen LogP) is 1.75. The van der Waals surface area contributed by atoms with E-state index in [1.807, 2.05) is 44.2 Å². The molecule has 192 valence electrons. The Hall–Kier alpha value is -2.59. The van der Waals surface area contributed by atoms with Crippen molar-refractivity contribution >= 4 is 27.6 Å². The van der Waals surface area contributed by atoms with Crippen LogP contribution in [0.15, 0.2) is 48.7 Å². The van der Waals surface area contributed by atoms with Crippen LogP contribution in [0, 0.1) is 31.2 Å². The molecule has 0 radical (unpaired) electrons. The maximum atomic E-state index is 11.3. The third kappa shape index (κ3) is 10.7. The van der Waals surface area contributed by atoms with E-state index >= 15 is 0 Å². The van der Waals surface area contributed by atoms with E-state index in [0.29, 0.717) is 35.2 Å². The summed E-state index contributed by atoms with van der Waals surface area (Å²) < 4.78 is 35.2. The first-order chi connectivity index (χ1) is 17.0. The third-order valence-electron chi connectivity index (χ3n) is 4.92. The van der Waals surface area contributed by atoms with Crippen molar-refractivity contribution in [3.8, 4) is 11.8 Å². The van der Waals surface area contributed by atoms with Crippen LogP contribution in [0.4, 0.5) is 5.95 Å². The van der Waals surface area contributed by atoms with Gasteiger partial charge in [0.15, 0.2) is 0 Å². The molecule has 1 aromatic heterocycles.